The van der Waals surface area contributed by atoms with Crippen LogP contribution in [0.4, 0.5) is 0 Å². The lowest BCUT2D eigenvalue weighted by atomic mass is 9.94. The zero-order valence-electron chi connectivity index (χ0n) is 11.3. The van der Waals surface area contributed by atoms with E-state index in [0.29, 0.717) is 5.56 Å². The van der Waals surface area contributed by atoms with Gasteiger partial charge in [0.2, 0.25) is 0 Å². The second-order valence-electron chi connectivity index (χ2n) is 5.31. The molecule has 1 aromatic carbocycles. The highest BCUT2D eigenvalue weighted by atomic mass is 32.1. The van der Waals surface area contributed by atoms with E-state index in [1.165, 1.54) is 29.3 Å². The number of thiophene rings is 1. The number of aromatic nitrogens is 2. The van der Waals surface area contributed by atoms with Gasteiger partial charge in [0.25, 0.3) is 0 Å². The Morgan fingerprint density at radius 2 is 1.90 bits per heavy atom. The van der Waals surface area contributed by atoms with E-state index in [4.69, 9.17) is 0 Å². The minimum Gasteiger partial charge on any atom is -0.508 e. The number of phenolic OH excluding ortho intramolecular Hbond substituents is 2. The average molecular weight is 298 g/mol. The van der Waals surface area contributed by atoms with Crippen LogP contribution < -0.4 is 0 Å². The topological polar surface area (TPSA) is 66.2 Å². The van der Waals surface area contributed by atoms with Crippen molar-refractivity contribution in [1.29, 1.82) is 0 Å². The summed E-state index contributed by atoms with van der Waals surface area (Å²) >= 11 is 1.74. The lowest BCUT2D eigenvalue weighted by Gasteiger charge is -2.12. The number of rotatable bonds is 1. The van der Waals surface area contributed by atoms with Gasteiger partial charge in [0.05, 0.1) is 5.69 Å². The highest BCUT2D eigenvalue weighted by Gasteiger charge is 2.21. The zero-order valence-corrected chi connectivity index (χ0v) is 12.2. The number of benzene rings is 1. The Morgan fingerprint density at radius 3 is 2.76 bits per heavy atom. The van der Waals surface area contributed by atoms with Gasteiger partial charge in [0.1, 0.15) is 22.7 Å². The largest absolute Gasteiger partial charge is 0.508 e. The van der Waals surface area contributed by atoms with Gasteiger partial charge in [0, 0.05) is 21.9 Å². The highest BCUT2D eigenvalue weighted by Crippen LogP contribution is 2.41. The first-order valence-electron chi connectivity index (χ1n) is 7.01. The van der Waals surface area contributed by atoms with Crippen molar-refractivity contribution in [1.82, 2.24) is 9.97 Å². The molecule has 0 atom stereocenters. The van der Waals surface area contributed by atoms with E-state index in [1.54, 1.807) is 29.8 Å². The SMILES string of the molecule is Oc1ccc(-c2ncnc3sc4c(c23)CCCC4)c(O)c1. The fourth-order valence-electron chi connectivity index (χ4n) is 3.01. The van der Waals surface area contributed by atoms with Crippen molar-refractivity contribution in [2.75, 3.05) is 0 Å². The molecular formula is C16H14N2O2S. The Labute approximate surface area is 125 Å². The first-order valence-corrected chi connectivity index (χ1v) is 7.83. The molecule has 4 nitrogen and oxygen atoms in total. The minimum absolute atomic E-state index is 0.0470. The maximum atomic E-state index is 10.1. The zero-order chi connectivity index (χ0) is 14.4. The smallest absolute Gasteiger partial charge is 0.128 e. The summed E-state index contributed by atoms with van der Waals surface area (Å²) in [6.45, 7) is 0. The summed E-state index contributed by atoms with van der Waals surface area (Å²) < 4.78 is 0. The molecule has 0 aliphatic heterocycles. The quantitative estimate of drug-likeness (QED) is 0.719. The Balaban J connectivity index is 2.02. The number of aryl methyl sites for hydroxylation is 2. The van der Waals surface area contributed by atoms with Crippen LogP contribution in [0.2, 0.25) is 0 Å². The molecular weight excluding hydrogens is 284 g/mol. The summed E-state index contributed by atoms with van der Waals surface area (Å²) in [7, 11) is 0. The molecule has 0 fully saturated rings. The second-order valence-corrected chi connectivity index (χ2v) is 6.40. The fourth-order valence-corrected chi connectivity index (χ4v) is 4.24. The highest BCUT2D eigenvalue weighted by molar-refractivity contribution is 7.18. The minimum atomic E-state index is 0.0470. The van der Waals surface area contributed by atoms with Crippen LogP contribution in [0, 0.1) is 0 Å². The maximum absolute atomic E-state index is 10.1. The molecule has 0 radical (unpaired) electrons. The average Bonchev–Trinajstić information content (AvgIpc) is 2.86. The Hall–Kier alpha value is -2.14. The molecule has 3 aromatic rings. The third kappa shape index (κ3) is 1.96. The van der Waals surface area contributed by atoms with Crippen LogP contribution in [0.25, 0.3) is 21.5 Å². The number of phenols is 2. The summed E-state index contributed by atoms with van der Waals surface area (Å²) in [5.74, 6) is 0.0969. The Morgan fingerprint density at radius 1 is 1.05 bits per heavy atom. The normalized spacial score (nSPS) is 14.3. The van der Waals surface area contributed by atoms with Crippen LogP contribution in [-0.4, -0.2) is 20.2 Å². The Kier molecular flexibility index (Phi) is 2.82. The first kappa shape index (κ1) is 12.6. The predicted octanol–water partition coefficient (Wildman–Crippen LogP) is 3.65. The van der Waals surface area contributed by atoms with E-state index in [2.05, 4.69) is 9.97 Å². The molecule has 0 spiro atoms. The van der Waals surface area contributed by atoms with Crippen molar-refractivity contribution in [2.24, 2.45) is 0 Å². The van der Waals surface area contributed by atoms with Crippen molar-refractivity contribution in [3.63, 3.8) is 0 Å². The molecule has 0 unspecified atom stereocenters. The Bertz CT molecular complexity index is 842. The molecule has 2 heterocycles. The van der Waals surface area contributed by atoms with E-state index in [9.17, 15) is 10.2 Å². The number of nitrogens with zero attached hydrogens (tertiary/aromatic N) is 2. The summed E-state index contributed by atoms with van der Waals surface area (Å²) in [4.78, 5) is 11.2. The van der Waals surface area contributed by atoms with Crippen LogP contribution in [0.3, 0.4) is 0 Å². The van der Waals surface area contributed by atoms with E-state index >= 15 is 0 Å². The van der Waals surface area contributed by atoms with Crippen molar-refractivity contribution in [3.05, 3.63) is 35.0 Å². The summed E-state index contributed by atoms with van der Waals surface area (Å²) in [6.07, 6.45) is 6.12. The lowest BCUT2D eigenvalue weighted by Crippen LogP contribution is -1.99. The number of aromatic hydroxyl groups is 2. The van der Waals surface area contributed by atoms with Crippen molar-refractivity contribution in [2.45, 2.75) is 25.7 Å². The monoisotopic (exact) mass is 298 g/mol. The maximum Gasteiger partial charge on any atom is 0.128 e. The van der Waals surface area contributed by atoms with E-state index < -0.39 is 0 Å². The van der Waals surface area contributed by atoms with Gasteiger partial charge in [-0.05, 0) is 43.4 Å². The van der Waals surface area contributed by atoms with Crippen molar-refractivity contribution in [3.8, 4) is 22.8 Å². The fraction of sp³-hybridized carbons (Fsp3) is 0.250. The van der Waals surface area contributed by atoms with Gasteiger partial charge in [-0.25, -0.2) is 9.97 Å². The molecule has 2 aromatic heterocycles. The molecule has 2 N–H and O–H groups in total. The van der Waals surface area contributed by atoms with Crippen LogP contribution in [0.15, 0.2) is 24.5 Å². The van der Waals surface area contributed by atoms with Crippen molar-refractivity contribution < 1.29 is 10.2 Å². The predicted molar refractivity (Wildman–Crippen MR) is 82.8 cm³/mol. The molecule has 4 rings (SSSR count). The molecule has 21 heavy (non-hydrogen) atoms. The molecule has 106 valence electrons. The summed E-state index contributed by atoms with van der Waals surface area (Å²) in [5, 5.41) is 20.7. The number of fused-ring (bicyclic) bond motifs is 3. The third-order valence-electron chi connectivity index (χ3n) is 3.99. The van der Waals surface area contributed by atoms with Crippen molar-refractivity contribution >= 4 is 21.6 Å². The van der Waals surface area contributed by atoms with Gasteiger partial charge in [-0.15, -0.1) is 11.3 Å². The van der Waals surface area contributed by atoms with Crippen LogP contribution in [0.1, 0.15) is 23.3 Å². The van der Waals surface area contributed by atoms with Crippen LogP contribution in [0.5, 0.6) is 11.5 Å². The second kappa shape index (κ2) is 4.70. The van der Waals surface area contributed by atoms with Crippen LogP contribution >= 0.6 is 11.3 Å². The molecule has 5 heteroatoms. The van der Waals surface area contributed by atoms with Gasteiger partial charge in [-0.1, -0.05) is 0 Å². The van der Waals surface area contributed by atoms with Gasteiger partial charge >= 0.3 is 0 Å². The van der Waals surface area contributed by atoms with E-state index in [0.717, 1.165) is 28.8 Å². The van der Waals surface area contributed by atoms with Gasteiger partial charge in [0.15, 0.2) is 0 Å². The van der Waals surface area contributed by atoms with Gasteiger partial charge < -0.3 is 10.2 Å². The molecule has 0 saturated heterocycles. The van der Waals surface area contributed by atoms with E-state index in [1.807, 2.05) is 0 Å². The molecule has 1 aliphatic rings. The van der Waals surface area contributed by atoms with Gasteiger partial charge in [-0.2, -0.15) is 0 Å². The standard InChI is InChI=1S/C16H14N2O2S/c19-9-5-6-10(12(20)7-9)15-14-11-3-1-2-4-13(11)21-16(14)18-8-17-15/h5-8,19-20H,1-4H2. The molecule has 0 saturated carbocycles. The summed E-state index contributed by atoms with van der Waals surface area (Å²) in [6, 6.07) is 4.63. The van der Waals surface area contributed by atoms with E-state index in [-0.39, 0.29) is 11.5 Å². The van der Waals surface area contributed by atoms with Crippen LogP contribution in [-0.2, 0) is 12.8 Å². The third-order valence-corrected chi connectivity index (χ3v) is 5.19. The number of hydrogen-bond donors (Lipinski definition) is 2. The molecule has 0 amide bonds. The summed E-state index contributed by atoms with van der Waals surface area (Å²) in [5.41, 5.74) is 2.74. The lowest BCUT2D eigenvalue weighted by molar-refractivity contribution is 0.452. The molecule has 0 bridgehead atoms. The molecule has 1 aliphatic carbocycles. The van der Waals surface area contributed by atoms with Gasteiger partial charge in [-0.3, -0.25) is 0 Å². The number of hydrogen-bond acceptors (Lipinski definition) is 5. The first-order chi connectivity index (χ1) is 10.2.